The normalized spacial score (nSPS) is 16.4. The molecule has 0 aliphatic heterocycles. The SMILES string of the molecule is COc1ccc(Br)c(C(=O)NC2(CN)CCCC2)c1.Cl. The Morgan fingerprint density at radius 3 is 2.65 bits per heavy atom. The van der Waals surface area contributed by atoms with Crippen molar-refractivity contribution in [2.24, 2.45) is 5.73 Å². The number of hydrogen-bond acceptors (Lipinski definition) is 3. The molecule has 0 atom stereocenters. The van der Waals surface area contributed by atoms with Gasteiger partial charge in [-0.2, -0.15) is 0 Å². The molecule has 6 heteroatoms. The Bertz CT molecular complexity index is 476. The fraction of sp³-hybridized carbons (Fsp3) is 0.500. The van der Waals surface area contributed by atoms with Crippen molar-refractivity contribution in [3.8, 4) is 5.75 Å². The van der Waals surface area contributed by atoms with Crippen LogP contribution in [0.5, 0.6) is 5.75 Å². The maximum atomic E-state index is 12.4. The Balaban J connectivity index is 0.00000200. The standard InChI is InChI=1S/C14H19BrN2O2.ClH/c1-19-10-4-5-12(15)11(8-10)13(18)17-14(9-16)6-2-3-7-14;/h4-5,8H,2-3,6-7,9,16H2,1H3,(H,17,18);1H. The van der Waals surface area contributed by atoms with Crippen LogP contribution in [0.1, 0.15) is 36.0 Å². The van der Waals surface area contributed by atoms with Gasteiger partial charge < -0.3 is 15.8 Å². The summed E-state index contributed by atoms with van der Waals surface area (Å²) in [5.41, 5.74) is 6.18. The van der Waals surface area contributed by atoms with E-state index in [1.165, 1.54) is 0 Å². The average Bonchev–Trinajstić information content (AvgIpc) is 2.88. The summed E-state index contributed by atoms with van der Waals surface area (Å²) in [5, 5.41) is 3.10. The van der Waals surface area contributed by atoms with Crippen LogP contribution >= 0.6 is 28.3 Å². The van der Waals surface area contributed by atoms with Gasteiger partial charge in [-0.05, 0) is 47.0 Å². The van der Waals surface area contributed by atoms with E-state index in [1.807, 2.05) is 12.1 Å². The van der Waals surface area contributed by atoms with Crippen molar-refractivity contribution in [2.75, 3.05) is 13.7 Å². The van der Waals surface area contributed by atoms with Gasteiger partial charge in [0.1, 0.15) is 5.75 Å². The van der Waals surface area contributed by atoms with Gasteiger partial charge in [0.15, 0.2) is 0 Å². The molecule has 1 amide bonds. The van der Waals surface area contributed by atoms with E-state index in [-0.39, 0.29) is 23.9 Å². The second-order valence-corrected chi connectivity index (χ2v) is 5.85. The van der Waals surface area contributed by atoms with Gasteiger partial charge in [-0.25, -0.2) is 0 Å². The quantitative estimate of drug-likeness (QED) is 0.864. The first-order valence-corrected chi connectivity index (χ1v) is 7.26. The molecule has 0 saturated heterocycles. The molecule has 20 heavy (non-hydrogen) atoms. The summed E-state index contributed by atoms with van der Waals surface area (Å²) in [4.78, 5) is 12.4. The van der Waals surface area contributed by atoms with Crippen LogP contribution in [-0.4, -0.2) is 25.1 Å². The minimum atomic E-state index is -0.237. The predicted molar refractivity (Wildman–Crippen MR) is 85.7 cm³/mol. The monoisotopic (exact) mass is 362 g/mol. The zero-order valence-electron chi connectivity index (χ0n) is 11.4. The van der Waals surface area contributed by atoms with E-state index in [2.05, 4.69) is 21.2 Å². The summed E-state index contributed by atoms with van der Waals surface area (Å²) in [5.74, 6) is 0.569. The van der Waals surface area contributed by atoms with Crippen molar-refractivity contribution in [3.63, 3.8) is 0 Å². The van der Waals surface area contributed by atoms with Crippen molar-refractivity contribution in [1.29, 1.82) is 0 Å². The topological polar surface area (TPSA) is 64.3 Å². The second kappa shape index (κ2) is 7.29. The Labute approximate surface area is 134 Å². The third-order valence-corrected chi connectivity index (χ3v) is 4.44. The molecule has 1 saturated carbocycles. The Morgan fingerprint density at radius 1 is 1.45 bits per heavy atom. The molecule has 1 aliphatic carbocycles. The lowest BCUT2D eigenvalue weighted by atomic mass is 9.97. The predicted octanol–water partition coefficient (Wildman–Crippen LogP) is 2.88. The number of carbonyl (C=O) groups is 1. The van der Waals surface area contributed by atoms with Gasteiger partial charge in [0.25, 0.3) is 5.91 Å². The van der Waals surface area contributed by atoms with Crippen LogP contribution in [0.3, 0.4) is 0 Å². The van der Waals surface area contributed by atoms with E-state index in [0.717, 1.165) is 30.2 Å². The summed E-state index contributed by atoms with van der Waals surface area (Å²) < 4.78 is 5.92. The molecule has 0 radical (unpaired) electrons. The number of nitrogens with two attached hydrogens (primary N) is 1. The Kier molecular flexibility index (Phi) is 6.30. The summed E-state index contributed by atoms with van der Waals surface area (Å²) in [6, 6.07) is 5.37. The minimum absolute atomic E-state index is 0. The van der Waals surface area contributed by atoms with E-state index in [4.69, 9.17) is 10.5 Å². The van der Waals surface area contributed by atoms with Crippen molar-refractivity contribution >= 4 is 34.2 Å². The van der Waals surface area contributed by atoms with Gasteiger partial charge in [-0.15, -0.1) is 12.4 Å². The molecule has 2 rings (SSSR count). The molecule has 4 nitrogen and oxygen atoms in total. The summed E-state index contributed by atoms with van der Waals surface area (Å²) in [7, 11) is 1.59. The minimum Gasteiger partial charge on any atom is -0.497 e. The highest BCUT2D eigenvalue weighted by Gasteiger charge is 2.34. The highest BCUT2D eigenvalue weighted by Crippen LogP contribution is 2.30. The molecule has 1 aromatic carbocycles. The molecular weight excluding hydrogens is 344 g/mol. The number of nitrogens with one attached hydrogen (secondary N) is 1. The average molecular weight is 364 g/mol. The molecule has 0 spiro atoms. The highest BCUT2D eigenvalue weighted by molar-refractivity contribution is 9.10. The maximum Gasteiger partial charge on any atom is 0.253 e. The lowest BCUT2D eigenvalue weighted by molar-refractivity contribution is 0.0902. The van der Waals surface area contributed by atoms with E-state index >= 15 is 0 Å². The van der Waals surface area contributed by atoms with Crippen LogP contribution in [0.15, 0.2) is 22.7 Å². The lowest BCUT2D eigenvalue weighted by Crippen LogP contribution is -2.51. The van der Waals surface area contributed by atoms with E-state index < -0.39 is 0 Å². The number of rotatable bonds is 4. The third-order valence-electron chi connectivity index (χ3n) is 3.75. The van der Waals surface area contributed by atoms with Crippen LogP contribution < -0.4 is 15.8 Å². The van der Waals surface area contributed by atoms with Gasteiger partial charge in [-0.3, -0.25) is 4.79 Å². The van der Waals surface area contributed by atoms with Crippen LogP contribution in [0.2, 0.25) is 0 Å². The Morgan fingerprint density at radius 2 is 2.10 bits per heavy atom. The van der Waals surface area contributed by atoms with E-state index in [0.29, 0.717) is 17.9 Å². The molecule has 3 N–H and O–H groups in total. The molecule has 0 unspecified atom stereocenters. The number of hydrogen-bond donors (Lipinski definition) is 2. The summed E-state index contributed by atoms with van der Waals surface area (Å²) in [6.45, 7) is 0.486. The first-order valence-electron chi connectivity index (χ1n) is 6.46. The largest absolute Gasteiger partial charge is 0.497 e. The molecule has 0 bridgehead atoms. The first-order chi connectivity index (χ1) is 9.10. The molecule has 0 heterocycles. The molecule has 1 aliphatic rings. The van der Waals surface area contributed by atoms with Gasteiger partial charge in [0.2, 0.25) is 0 Å². The molecule has 112 valence electrons. The van der Waals surface area contributed by atoms with Gasteiger partial charge >= 0.3 is 0 Å². The zero-order chi connectivity index (χ0) is 13.9. The number of halogens is 2. The number of carbonyl (C=O) groups excluding carboxylic acids is 1. The highest BCUT2D eigenvalue weighted by atomic mass is 79.9. The summed E-state index contributed by atoms with van der Waals surface area (Å²) >= 11 is 3.40. The third kappa shape index (κ3) is 3.65. The van der Waals surface area contributed by atoms with E-state index in [9.17, 15) is 4.79 Å². The van der Waals surface area contributed by atoms with Crippen molar-refractivity contribution in [3.05, 3.63) is 28.2 Å². The smallest absolute Gasteiger partial charge is 0.253 e. The van der Waals surface area contributed by atoms with Crippen LogP contribution in [0.25, 0.3) is 0 Å². The second-order valence-electron chi connectivity index (χ2n) is 4.99. The molecule has 0 aromatic heterocycles. The fourth-order valence-corrected chi connectivity index (χ4v) is 2.97. The van der Waals surface area contributed by atoms with E-state index in [1.54, 1.807) is 13.2 Å². The van der Waals surface area contributed by atoms with Gasteiger partial charge in [0.05, 0.1) is 18.2 Å². The number of benzene rings is 1. The van der Waals surface area contributed by atoms with Crippen LogP contribution in [0.4, 0.5) is 0 Å². The van der Waals surface area contributed by atoms with Crippen molar-refractivity contribution in [2.45, 2.75) is 31.2 Å². The number of methoxy groups -OCH3 is 1. The molecule has 1 fully saturated rings. The first kappa shape index (κ1) is 17.3. The summed E-state index contributed by atoms with van der Waals surface area (Å²) in [6.07, 6.45) is 4.15. The van der Waals surface area contributed by atoms with Crippen LogP contribution in [-0.2, 0) is 0 Å². The number of amides is 1. The number of ether oxygens (including phenoxy) is 1. The maximum absolute atomic E-state index is 12.4. The van der Waals surface area contributed by atoms with Gasteiger partial charge in [-0.1, -0.05) is 12.8 Å². The molecule has 1 aromatic rings. The molecular formula is C14H20BrClN2O2. The Hall–Kier alpha value is -0.780. The lowest BCUT2D eigenvalue weighted by Gasteiger charge is -2.29. The van der Waals surface area contributed by atoms with Gasteiger partial charge in [0, 0.05) is 11.0 Å². The van der Waals surface area contributed by atoms with Crippen LogP contribution in [0, 0.1) is 0 Å². The van der Waals surface area contributed by atoms with Crippen molar-refractivity contribution in [1.82, 2.24) is 5.32 Å². The van der Waals surface area contributed by atoms with Crippen molar-refractivity contribution < 1.29 is 9.53 Å². The fourth-order valence-electron chi connectivity index (χ4n) is 2.55. The zero-order valence-corrected chi connectivity index (χ0v) is 13.9.